The third kappa shape index (κ3) is 5.76. The van der Waals surface area contributed by atoms with Gasteiger partial charge in [0.15, 0.2) is 0 Å². The normalized spacial score (nSPS) is 12.0. The molecule has 1 unspecified atom stereocenters. The summed E-state index contributed by atoms with van der Waals surface area (Å²) in [4.78, 5) is 28.3. The molecular weight excluding hydrogens is 402 g/mol. The van der Waals surface area contributed by atoms with Crippen LogP contribution in [0.5, 0.6) is 5.75 Å². The Hall–Kier alpha value is -2.99. The van der Waals surface area contributed by atoms with E-state index >= 15 is 0 Å². The van der Waals surface area contributed by atoms with Crippen molar-refractivity contribution in [2.24, 2.45) is 5.92 Å². The van der Waals surface area contributed by atoms with Gasteiger partial charge in [-0.25, -0.2) is 0 Å². The van der Waals surface area contributed by atoms with Gasteiger partial charge in [0.1, 0.15) is 18.4 Å². The van der Waals surface area contributed by atoms with E-state index in [1.54, 1.807) is 38.1 Å². The lowest BCUT2D eigenvalue weighted by atomic mass is 10.0. The SMILES string of the molecule is CC(C)C(=O)NC(Cc1c[nH]c2ccccc12)C(=O)NCCOc1cccc(Cl)c1. The molecule has 1 heterocycles. The highest BCUT2D eigenvalue weighted by atomic mass is 35.5. The lowest BCUT2D eigenvalue weighted by Gasteiger charge is -2.19. The molecule has 0 aliphatic rings. The molecule has 0 spiro atoms. The van der Waals surface area contributed by atoms with E-state index in [9.17, 15) is 9.59 Å². The average molecular weight is 428 g/mol. The second-order valence-electron chi connectivity index (χ2n) is 7.38. The van der Waals surface area contributed by atoms with Crippen molar-refractivity contribution >= 4 is 34.3 Å². The number of carbonyl (C=O) groups is 2. The number of nitrogens with one attached hydrogen (secondary N) is 3. The maximum Gasteiger partial charge on any atom is 0.243 e. The van der Waals surface area contributed by atoms with Crippen molar-refractivity contribution < 1.29 is 14.3 Å². The lowest BCUT2D eigenvalue weighted by molar-refractivity contribution is -0.130. The minimum absolute atomic E-state index is 0.162. The van der Waals surface area contributed by atoms with Crippen molar-refractivity contribution in [2.75, 3.05) is 13.2 Å². The Morgan fingerprint density at radius 2 is 1.90 bits per heavy atom. The van der Waals surface area contributed by atoms with Crippen molar-refractivity contribution in [2.45, 2.75) is 26.3 Å². The van der Waals surface area contributed by atoms with Crippen LogP contribution >= 0.6 is 11.6 Å². The summed E-state index contributed by atoms with van der Waals surface area (Å²) in [7, 11) is 0. The summed E-state index contributed by atoms with van der Waals surface area (Å²) in [5.74, 6) is 0.0174. The maximum atomic E-state index is 12.8. The molecule has 0 bridgehead atoms. The Kier molecular flexibility index (Phi) is 7.36. The van der Waals surface area contributed by atoms with Gasteiger partial charge < -0.3 is 20.4 Å². The quantitative estimate of drug-likeness (QED) is 0.455. The van der Waals surface area contributed by atoms with Gasteiger partial charge in [-0.1, -0.05) is 49.7 Å². The van der Waals surface area contributed by atoms with Gasteiger partial charge in [0.2, 0.25) is 11.8 Å². The van der Waals surface area contributed by atoms with Crippen LogP contribution in [0.2, 0.25) is 5.02 Å². The number of hydrogen-bond donors (Lipinski definition) is 3. The van der Waals surface area contributed by atoms with E-state index in [2.05, 4.69) is 15.6 Å². The van der Waals surface area contributed by atoms with Gasteiger partial charge in [-0.3, -0.25) is 9.59 Å². The number of rotatable bonds is 9. The number of ether oxygens (including phenoxy) is 1. The van der Waals surface area contributed by atoms with Crippen molar-refractivity contribution in [3.63, 3.8) is 0 Å². The van der Waals surface area contributed by atoms with Gasteiger partial charge in [0.25, 0.3) is 0 Å². The number of benzene rings is 2. The van der Waals surface area contributed by atoms with E-state index in [0.717, 1.165) is 16.5 Å². The summed E-state index contributed by atoms with van der Waals surface area (Å²) < 4.78 is 5.61. The molecule has 30 heavy (non-hydrogen) atoms. The number of para-hydroxylation sites is 1. The number of hydrogen-bond acceptors (Lipinski definition) is 3. The van der Waals surface area contributed by atoms with Crippen LogP contribution in [0, 0.1) is 5.92 Å². The van der Waals surface area contributed by atoms with Gasteiger partial charge in [-0.05, 0) is 29.8 Å². The molecular formula is C23H26ClN3O3. The summed E-state index contributed by atoms with van der Waals surface area (Å²) in [5.41, 5.74) is 1.97. The van der Waals surface area contributed by atoms with E-state index in [4.69, 9.17) is 16.3 Å². The van der Waals surface area contributed by atoms with E-state index in [1.165, 1.54) is 0 Å². The molecule has 0 radical (unpaired) electrons. The maximum absolute atomic E-state index is 12.8. The van der Waals surface area contributed by atoms with Gasteiger partial charge >= 0.3 is 0 Å². The first kappa shape index (κ1) is 21.7. The Morgan fingerprint density at radius 1 is 1.10 bits per heavy atom. The first-order valence-corrected chi connectivity index (χ1v) is 10.3. The average Bonchev–Trinajstić information content (AvgIpc) is 3.13. The van der Waals surface area contributed by atoms with Gasteiger partial charge in [0, 0.05) is 34.5 Å². The molecule has 7 heteroatoms. The number of aromatic nitrogens is 1. The molecule has 2 amide bonds. The van der Waals surface area contributed by atoms with Crippen LogP contribution in [0.1, 0.15) is 19.4 Å². The van der Waals surface area contributed by atoms with Gasteiger partial charge in [-0.15, -0.1) is 0 Å². The van der Waals surface area contributed by atoms with Gasteiger partial charge in [-0.2, -0.15) is 0 Å². The Morgan fingerprint density at radius 3 is 2.67 bits per heavy atom. The molecule has 3 N–H and O–H groups in total. The standard InChI is InChI=1S/C23H26ClN3O3/c1-15(2)22(28)27-21(12-16-14-26-20-9-4-3-8-19(16)20)23(29)25-10-11-30-18-7-5-6-17(24)13-18/h3-9,13-15,21,26H,10-12H2,1-2H3,(H,25,29)(H,27,28). The van der Waals surface area contributed by atoms with Crippen molar-refractivity contribution in [1.29, 1.82) is 0 Å². The van der Waals surface area contributed by atoms with E-state index in [1.807, 2.05) is 30.5 Å². The minimum atomic E-state index is -0.676. The minimum Gasteiger partial charge on any atom is -0.492 e. The second kappa shape index (κ2) is 10.2. The van der Waals surface area contributed by atoms with Crippen LogP contribution < -0.4 is 15.4 Å². The first-order valence-electron chi connectivity index (χ1n) is 9.95. The Balaban J connectivity index is 1.62. The van der Waals surface area contributed by atoms with Gasteiger partial charge in [0.05, 0.1) is 6.54 Å². The number of H-pyrrole nitrogens is 1. The number of aromatic amines is 1. The third-order valence-electron chi connectivity index (χ3n) is 4.72. The molecule has 0 saturated heterocycles. The van der Waals surface area contributed by atoms with Crippen molar-refractivity contribution in [3.8, 4) is 5.75 Å². The zero-order valence-electron chi connectivity index (χ0n) is 17.1. The second-order valence-corrected chi connectivity index (χ2v) is 7.81. The molecule has 158 valence electrons. The lowest BCUT2D eigenvalue weighted by Crippen LogP contribution is -2.49. The smallest absolute Gasteiger partial charge is 0.243 e. The van der Waals surface area contributed by atoms with Crippen LogP contribution in [-0.4, -0.2) is 36.0 Å². The Labute approximate surface area is 181 Å². The summed E-state index contributed by atoms with van der Waals surface area (Å²) >= 11 is 5.94. The highest BCUT2D eigenvalue weighted by molar-refractivity contribution is 6.30. The van der Waals surface area contributed by atoms with Crippen molar-refractivity contribution in [1.82, 2.24) is 15.6 Å². The fourth-order valence-electron chi connectivity index (χ4n) is 3.09. The zero-order chi connectivity index (χ0) is 21.5. The van der Waals surface area contributed by atoms with Crippen molar-refractivity contribution in [3.05, 3.63) is 65.3 Å². The van der Waals surface area contributed by atoms with E-state index in [0.29, 0.717) is 30.3 Å². The molecule has 1 aromatic heterocycles. The summed E-state index contributed by atoms with van der Waals surface area (Å²) in [6.45, 7) is 4.21. The highest BCUT2D eigenvalue weighted by Crippen LogP contribution is 2.19. The molecule has 0 fully saturated rings. The molecule has 0 saturated carbocycles. The predicted molar refractivity (Wildman–Crippen MR) is 119 cm³/mol. The van der Waals surface area contributed by atoms with Crippen LogP contribution in [0.15, 0.2) is 54.7 Å². The Bertz CT molecular complexity index is 1020. The molecule has 3 rings (SSSR count). The molecule has 6 nitrogen and oxygen atoms in total. The number of halogens is 1. The zero-order valence-corrected chi connectivity index (χ0v) is 17.8. The fraction of sp³-hybridized carbons (Fsp3) is 0.304. The molecule has 3 aromatic rings. The van der Waals surface area contributed by atoms with Crippen LogP contribution in [-0.2, 0) is 16.0 Å². The number of carbonyl (C=O) groups excluding carboxylic acids is 2. The largest absolute Gasteiger partial charge is 0.492 e. The monoisotopic (exact) mass is 427 g/mol. The van der Waals surface area contributed by atoms with Crippen LogP contribution in [0.3, 0.4) is 0 Å². The number of fused-ring (bicyclic) bond motifs is 1. The highest BCUT2D eigenvalue weighted by Gasteiger charge is 2.23. The molecule has 0 aliphatic heterocycles. The topological polar surface area (TPSA) is 83.2 Å². The van der Waals surface area contributed by atoms with Crippen LogP contribution in [0.25, 0.3) is 10.9 Å². The van der Waals surface area contributed by atoms with E-state index in [-0.39, 0.29) is 17.7 Å². The van der Waals surface area contributed by atoms with Crippen LogP contribution in [0.4, 0.5) is 0 Å². The summed E-state index contributed by atoms with van der Waals surface area (Å²) in [6, 6.07) is 14.3. The number of amides is 2. The predicted octanol–water partition coefficient (Wildman–Crippen LogP) is 3.70. The van der Waals surface area contributed by atoms with E-state index < -0.39 is 6.04 Å². The molecule has 2 aromatic carbocycles. The first-order chi connectivity index (χ1) is 14.4. The molecule has 1 atom stereocenters. The molecule has 0 aliphatic carbocycles. The summed E-state index contributed by atoms with van der Waals surface area (Å²) in [6.07, 6.45) is 2.28. The summed E-state index contributed by atoms with van der Waals surface area (Å²) in [5, 5.41) is 7.34. The third-order valence-corrected chi connectivity index (χ3v) is 4.96. The fourth-order valence-corrected chi connectivity index (χ4v) is 3.27.